The number of aryl methyl sites for hydroxylation is 1. The van der Waals surface area contributed by atoms with Gasteiger partial charge in [-0.05, 0) is 47.2 Å². The maximum Gasteiger partial charge on any atom is 0.329 e. The first kappa shape index (κ1) is 15.2. The molecule has 2 N–H and O–H groups in total. The molecule has 0 saturated carbocycles. The van der Waals surface area contributed by atoms with E-state index in [-0.39, 0.29) is 18.7 Å². The molecule has 5 nitrogen and oxygen atoms in total. The Morgan fingerprint density at radius 3 is 2.55 bits per heavy atom. The highest BCUT2D eigenvalue weighted by Gasteiger charge is 2.41. The summed E-state index contributed by atoms with van der Waals surface area (Å²) in [7, 11) is 0. The molecule has 0 bridgehead atoms. The molecule has 1 heterocycles. The Labute approximate surface area is 130 Å². The number of hydrogen-bond acceptors (Lipinski definition) is 3. The Morgan fingerprint density at radius 1 is 1.35 bits per heavy atom. The number of carbonyl (C=O) groups excluding carboxylic acids is 1. The molecule has 0 unspecified atom stereocenters. The lowest BCUT2D eigenvalue weighted by molar-refractivity contribution is -0.148. The molecule has 108 valence electrons. The largest absolute Gasteiger partial charge is 0.480 e. The second kappa shape index (κ2) is 6.09. The Kier molecular flexibility index (Phi) is 4.64. The molecule has 1 fully saturated rings. The van der Waals surface area contributed by atoms with Crippen LogP contribution in [0.5, 0.6) is 0 Å². The summed E-state index contributed by atoms with van der Waals surface area (Å²) in [5, 5.41) is 12.1. The van der Waals surface area contributed by atoms with Gasteiger partial charge in [-0.15, -0.1) is 0 Å². The number of nitrogens with one attached hydrogen (secondary N) is 1. The highest BCUT2D eigenvalue weighted by atomic mass is 127. The van der Waals surface area contributed by atoms with Crippen LogP contribution in [0.2, 0.25) is 0 Å². The monoisotopic (exact) mass is 389 g/mol. The van der Waals surface area contributed by atoms with Crippen molar-refractivity contribution in [1.82, 2.24) is 5.32 Å². The topological polar surface area (TPSA) is 75.6 Å². The van der Waals surface area contributed by atoms with Gasteiger partial charge in [0.05, 0.1) is 0 Å². The van der Waals surface area contributed by atoms with Gasteiger partial charge in [0.25, 0.3) is 5.91 Å². The molecular weight excluding hydrogens is 373 g/mol. The summed E-state index contributed by atoms with van der Waals surface area (Å²) >= 11 is 2.15. The average molecular weight is 389 g/mol. The number of aliphatic carboxylic acids is 1. The predicted molar refractivity (Wildman–Crippen MR) is 81.8 cm³/mol. The van der Waals surface area contributed by atoms with Crippen LogP contribution in [0.1, 0.15) is 28.8 Å². The first-order chi connectivity index (χ1) is 9.44. The number of hydrogen-bond donors (Lipinski definition) is 2. The van der Waals surface area contributed by atoms with Crippen molar-refractivity contribution in [1.29, 1.82) is 0 Å². The molecule has 1 aliphatic rings. The van der Waals surface area contributed by atoms with Gasteiger partial charge in [-0.3, -0.25) is 4.79 Å². The van der Waals surface area contributed by atoms with Gasteiger partial charge in [0.1, 0.15) is 5.54 Å². The van der Waals surface area contributed by atoms with Crippen LogP contribution >= 0.6 is 22.6 Å². The van der Waals surface area contributed by atoms with Crippen LogP contribution in [-0.4, -0.2) is 35.7 Å². The summed E-state index contributed by atoms with van der Waals surface area (Å²) in [6.07, 6.45) is 0.577. The van der Waals surface area contributed by atoms with E-state index in [1.165, 1.54) is 0 Å². The fourth-order valence-electron chi connectivity index (χ4n) is 2.14. The molecule has 0 aromatic heterocycles. The molecule has 0 aliphatic carbocycles. The SMILES string of the molecule is Cc1ccc(C(=O)NC2(C(=O)O)CCOCC2)cc1I. The third-order valence-electron chi connectivity index (χ3n) is 3.54. The van der Waals surface area contributed by atoms with Crippen molar-refractivity contribution in [2.75, 3.05) is 13.2 Å². The van der Waals surface area contributed by atoms with Crippen LogP contribution in [0.4, 0.5) is 0 Å². The summed E-state index contributed by atoms with van der Waals surface area (Å²) in [4.78, 5) is 23.8. The van der Waals surface area contributed by atoms with E-state index in [0.29, 0.717) is 18.8 Å². The summed E-state index contributed by atoms with van der Waals surface area (Å²) in [6.45, 7) is 2.65. The lowest BCUT2D eigenvalue weighted by Crippen LogP contribution is -2.57. The summed E-state index contributed by atoms with van der Waals surface area (Å²) in [6, 6.07) is 5.33. The standard InChI is InChI=1S/C14H16INO4/c1-9-2-3-10(8-11(9)15)12(17)16-14(13(18)19)4-6-20-7-5-14/h2-3,8H,4-7H2,1H3,(H,16,17)(H,18,19). The highest BCUT2D eigenvalue weighted by molar-refractivity contribution is 14.1. The minimum absolute atomic E-state index is 0.289. The van der Waals surface area contributed by atoms with E-state index in [9.17, 15) is 14.7 Å². The number of halogens is 1. The van der Waals surface area contributed by atoms with Crippen LogP contribution < -0.4 is 5.32 Å². The van der Waals surface area contributed by atoms with Crippen LogP contribution in [0.25, 0.3) is 0 Å². The molecule has 20 heavy (non-hydrogen) atoms. The Balaban J connectivity index is 2.20. The third kappa shape index (κ3) is 3.12. The maximum atomic E-state index is 12.3. The number of benzene rings is 1. The minimum Gasteiger partial charge on any atom is -0.480 e. The molecule has 0 radical (unpaired) electrons. The van der Waals surface area contributed by atoms with Gasteiger partial charge in [-0.25, -0.2) is 4.79 Å². The van der Waals surface area contributed by atoms with Gasteiger partial charge >= 0.3 is 5.97 Å². The van der Waals surface area contributed by atoms with E-state index in [1.54, 1.807) is 12.1 Å². The van der Waals surface area contributed by atoms with E-state index in [0.717, 1.165) is 9.13 Å². The summed E-state index contributed by atoms with van der Waals surface area (Å²) < 4.78 is 6.16. The van der Waals surface area contributed by atoms with Crippen LogP contribution in [0.15, 0.2) is 18.2 Å². The van der Waals surface area contributed by atoms with Gasteiger partial charge in [0.2, 0.25) is 0 Å². The lowest BCUT2D eigenvalue weighted by atomic mass is 9.89. The van der Waals surface area contributed by atoms with Gasteiger partial charge < -0.3 is 15.2 Å². The normalized spacial score (nSPS) is 17.5. The van der Waals surface area contributed by atoms with Crippen LogP contribution in [-0.2, 0) is 9.53 Å². The second-order valence-electron chi connectivity index (χ2n) is 4.92. The van der Waals surface area contributed by atoms with E-state index < -0.39 is 11.5 Å². The van der Waals surface area contributed by atoms with Crippen molar-refractivity contribution in [3.63, 3.8) is 0 Å². The summed E-state index contributed by atoms with van der Waals surface area (Å²) in [5.74, 6) is -1.36. The Hall–Kier alpha value is -1.15. The van der Waals surface area contributed by atoms with Crippen molar-refractivity contribution in [3.8, 4) is 0 Å². The zero-order chi connectivity index (χ0) is 14.8. The minimum atomic E-state index is -1.22. The molecule has 0 atom stereocenters. The smallest absolute Gasteiger partial charge is 0.329 e. The van der Waals surface area contributed by atoms with E-state index in [1.807, 2.05) is 13.0 Å². The van der Waals surface area contributed by atoms with Gasteiger partial charge in [-0.2, -0.15) is 0 Å². The number of carbonyl (C=O) groups is 2. The first-order valence-corrected chi connectivity index (χ1v) is 7.42. The molecule has 1 amide bonds. The zero-order valence-corrected chi connectivity index (χ0v) is 13.3. The number of carboxylic acid groups (broad SMARTS) is 1. The maximum absolute atomic E-state index is 12.3. The van der Waals surface area contributed by atoms with Crippen LogP contribution in [0.3, 0.4) is 0 Å². The van der Waals surface area contributed by atoms with Crippen molar-refractivity contribution in [2.24, 2.45) is 0 Å². The fourth-order valence-corrected chi connectivity index (χ4v) is 2.65. The predicted octanol–water partition coefficient (Wildman–Crippen LogP) is 1.96. The third-order valence-corrected chi connectivity index (χ3v) is 4.70. The number of carboxylic acids is 1. The molecule has 2 rings (SSSR count). The Bertz CT molecular complexity index is 538. The number of amides is 1. The molecule has 1 saturated heterocycles. The molecular formula is C14H16INO4. The molecule has 1 aliphatic heterocycles. The molecule has 1 aromatic carbocycles. The van der Waals surface area contributed by atoms with E-state index in [4.69, 9.17) is 4.74 Å². The first-order valence-electron chi connectivity index (χ1n) is 6.34. The van der Waals surface area contributed by atoms with E-state index >= 15 is 0 Å². The number of ether oxygens (including phenoxy) is 1. The zero-order valence-electron chi connectivity index (χ0n) is 11.1. The average Bonchev–Trinajstić information content (AvgIpc) is 2.42. The van der Waals surface area contributed by atoms with Crippen molar-refractivity contribution in [2.45, 2.75) is 25.3 Å². The number of rotatable bonds is 3. The Morgan fingerprint density at radius 2 is 2.00 bits per heavy atom. The molecule has 0 spiro atoms. The van der Waals surface area contributed by atoms with Crippen molar-refractivity contribution in [3.05, 3.63) is 32.9 Å². The van der Waals surface area contributed by atoms with Crippen molar-refractivity contribution < 1.29 is 19.4 Å². The summed E-state index contributed by atoms with van der Waals surface area (Å²) in [5.41, 5.74) is 0.347. The fraction of sp³-hybridized carbons (Fsp3) is 0.429. The van der Waals surface area contributed by atoms with Gasteiger partial charge in [0.15, 0.2) is 0 Å². The van der Waals surface area contributed by atoms with Crippen LogP contribution in [0, 0.1) is 10.5 Å². The molecule has 6 heteroatoms. The van der Waals surface area contributed by atoms with Crippen molar-refractivity contribution >= 4 is 34.5 Å². The lowest BCUT2D eigenvalue weighted by Gasteiger charge is -2.33. The quantitative estimate of drug-likeness (QED) is 0.776. The van der Waals surface area contributed by atoms with Gasteiger partial charge in [-0.1, -0.05) is 6.07 Å². The molecule has 1 aromatic rings. The van der Waals surface area contributed by atoms with Gasteiger partial charge in [0, 0.05) is 35.2 Å². The van der Waals surface area contributed by atoms with E-state index in [2.05, 4.69) is 27.9 Å². The highest BCUT2D eigenvalue weighted by Crippen LogP contribution is 2.22. The second-order valence-corrected chi connectivity index (χ2v) is 6.08.